The smallest absolute Gasteiger partial charge is 0.147 e. The Balaban J connectivity index is 2.20. The third-order valence-electron chi connectivity index (χ3n) is 2.60. The second-order valence-electron chi connectivity index (χ2n) is 4.18. The summed E-state index contributed by atoms with van der Waals surface area (Å²) in [4.78, 5) is 6.58. The Labute approximate surface area is 95.4 Å². The molecular formula is C11H16ClN3. The second kappa shape index (κ2) is 4.37. The first-order valence-electron chi connectivity index (χ1n) is 5.28. The van der Waals surface area contributed by atoms with Crippen molar-refractivity contribution in [1.29, 1.82) is 0 Å². The van der Waals surface area contributed by atoms with Crippen LogP contribution >= 0.6 is 11.6 Å². The van der Waals surface area contributed by atoms with E-state index in [4.69, 9.17) is 11.6 Å². The SMILES string of the molecule is C[C@@H]1CN(c2ncccc2Cl)C[C@@H](C)N1. The molecule has 0 bridgehead atoms. The molecule has 0 unspecified atom stereocenters. The number of piperazine rings is 1. The van der Waals surface area contributed by atoms with Gasteiger partial charge in [0.1, 0.15) is 5.82 Å². The number of hydrogen-bond acceptors (Lipinski definition) is 3. The molecule has 1 aromatic rings. The molecule has 2 atom stereocenters. The Morgan fingerprint density at radius 1 is 1.40 bits per heavy atom. The van der Waals surface area contributed by atoms with Gasteiger partial charge in [-0.3, -0.25) is 0 Å². The molecule has 0 radical (unpaired) electrons. The summed E-state index contributed by atoms with van der Waals surface area (Å²) in [5, 5.41) is 4.22. The predicted octanol–water partition coefficient (Wildman–Crippen LogP) is 1.92. The summed E-state index contributed by atoms with van der Waals surface area (Å²) in [6.07, 6.45) is 1.79. The fourth-order valence-corrected chi connectivity index (χ4v) is 2.35. The number of anilines is 1. The van der Waals surface area contributed by atoms with E-state index in [1.54, 1.807) is 6.20 Å². The third kappa shape index (κ3) is 2.41. The summed E-state index contributed by atoms with van der Waals surface area (Å²) in [5.41, 5.74) is 0. The summed E-state index contributed by atoms with van der Waals surface area (Å²) in [5.74, 6) is 0.902. The number of nitrogens with zero attached hydrogens (tertiary/aromatic N) is 2. The molecule has 1 aromatic heterocycles. The summed E-state index contributed by atoms with van der Waals surface area (Å²) in [6, 6.07) is 4.71. The van der Waals surface area contributed by atoms with E-state index in [9.17, 15) is 0 Å². The fourth-order valence-electron chi connectivity index (χ4n) is 2.11. The van der Waals surface area contributed by atoms with Gasteiger partial charge in [-0.05, 0) is 26.0 Å². The van der Waals surface area contributed by atoms with Crippen molar-refractivity contribution in [3.8, 4) is 0 Å². The van der Waals surface area contributed by atoms with Crippen LogP contribution in [0.2, 0.25) is 5.02 Å². The van der Waals surface area contributed by atoms with Gasteiger partial charge in [-0.2, -0.15) is 0 Å². The van der Waals surface area contributed by atoms with Crippen molar-refractivity contribution in [3.05, 3.63) is 23.4 Å². The Morgan fingerprint density at radius 3 is 2.67 bits per heavy atom. The number of nitrogens with one attached hydrogen (secondary N) is 1. The molecule has 1 saturated heterocycles. The molecule has 15 heavy (non-hydrogen) atoms. The standard InChI is InChI=1S/C11H16ClN3/c1-8-6-15(7-9(2)14-8)11-10(12)4-3-5-13-11/h3-5,8-9,14H,6-7H2,1-2H3/t8-,9-/m1/s1. The maximum absolute atomic E-state index is 6.13. The minimum absolute atomic E-state index is 0.479. The first kappa shape index (κ1) is 10.7. The topological polar surface area (TPSA) is 28.2 Å². The van der Waals surface area contributed by atoms with E-state index in [0.717, 1.165) is 23.9 Å². The van der Waals surface area contributed by atoms with Crippen molar-refractivity contribution in [2.45, 2.75) is 25.9 Å². The van der Waals surface area contributed by atoms with Gasteiger partial charge in [0.25, 0.3) is 0 Å². The zero-order valence-corrected chi connectivity index (χ0v) is 9.83. The summed E-state index contributed by atoms with van der Waals surface area (Å²) in [6.45, 7) is 6.28. The number of halogens is 1. The molecule has 82 valence electrons. The van der Waals surface area contributed by atoms with E-state index in [1.165, 1.54) is 0 Å². The molecule has 2 rings (SSSR count). The predicted molar refractivity (Wildman–Crippen MR) is 63.5 cm³/mol. The van der Waals surface area contributed by atoms with E-state index < -0.39 is 0 Å². The van der Waals surface area contributed by atoms with Gasteiger partial charge in [0.2, 0.25) is 0 Å². The van der Waals surface area contributed by atoms with Crippen LogP contribution in [0.4, 0.5) is 5.82 Å². The van der Waals surface area contributed by atoms with Gasteiger partial charge in [-0.1, -0.05) is 11.6 Å². The van der Waals surface area contributed by atoms with E-state index >= 15 is 0 Å². The van der Waals surface area contributed by atoms with Crippen molar-refractivity contribution in [2.24, 2.45) is 0 Å². The van der Waals surface area contributed by atoms with Gasteiger partial charge in [0, 0.05) is 31.4 Å². The van der Waals surface area contributed by atoms with E-state index in [-0.39, 0.29) is 0 Å². The highest BCUT2D eigenvalue weighted by atomic mass is 35.5. The van der Waals surface area contributed by atoms with Gasteiger partial charge in [-0.15, -0.1) is 0 Å². The largest absolute Gasteiger partial charge is 0.352 e. The number of rotatable bonds is 1. The zero-order chi connectivity index (χ0) is 10.8. The quantitative estimate of drug-likeness (QED) is 0.792. The van der Waals surface area contributed by atoms with E-state index in [2.05, 4.69) is 29.0 Å². The molecule has 0 aromatic carbocycles. The van der Waals surface area contributed by atoms with Crippen LogP contribution in [-0.4, -0.2) is 30.2 Å². The summed E-state index contributed by atoms with van der Waals surface area (Å²) >= 11 is 6.13. The monoisotopic (exact) mass is 225 g/mol. The molecule has 0 saturated carbocycles. The van der Waals surface area contributed by atoms with Gasteiger partial charge >= 0.3 is 0 Å². The minimum atomic E-state index is 0.479. The highest BCUT2D eigenvalue weighted by Gasteiger charge is 2.22. The van der Waals surface area contributed by atoms with Crippen LogP contribution in [0.3, 0.4) is 0 Å². The number of hydrogen-bond donors (Lipinski definition) is 1. The van der Waals surface area contributed by atoms with Crippen LogP contribution in [0, 0.1) is 0 Å². The molecule has 1 N–H and O–H groups in total. The second-order valence-corrected chi connectivity index (χ2v) is 4.59. The Morgan fingerprint density at radius 2 is 2.07 bits per heavy atom. The highest BCUT2D eigenvalue weighted by Crippen LogP contribution is 2.23. The molecule has 1 aliphatic rings. The van der Waals surface area contributed by atoms with Crippen molar-refractivity contribution >= 4 is 17.4 Å². The Kier molecular flexibility index (Phi) is 3.12. The zero-order valence-electron chi connectivity index (χ0n) is 9.07. The van der Waals surface area contributed by atoms with Crippen molar-refractivity contribution in [3.63, 3.8) is 0 Å². The lowest BCUT2D eigenvalue weighted by Crippen LogP contribution is -2.54. The molecule has 0 amide bonds. The highest BCUT2D eigenvalue weighted by molar-refractivity contribution is 6.32. The van der Waals surface area contributed by atoms with Crippen molar-refractivity contribution < 1.29 is 0 Å². The Hall–Kier alpha value is -0.800. The van der Waals surface area contributed by atoms with Gasteiger partial charge in [-0.25, -0.2) is 4.98 Å². The van der Waals surface area contributed by atoms with Crippen LogP contribution < -0.4 is 10.2 Å². The van der Waals surface area contributed by atoms with Crippen LogP contribution in [-0.2, 0) is 0 Å². The average molecular weight is 226 g/mol. The van der Waals surface area contributed by atoms with Gasteiger partial charge in [0.05, 0.1) is 5.02 Å². The number of aromatic nitrogens is 1. The average Bonchev–Trinajstić information content (AvgIpc) is 2.16. The van der Waals surface area contributed by atoms with Crippen molar-refractivity contribution in [1.82, 2.24) is 10.3 Å². The lowest BCUT2D eigenvalue weighted by atomic mass is 10.1. The molecule has 2 heterocycles. The molecule has 1 fully saturated rings. The molecule has 3 nitrogen and oxygen atoms in total. The summed E-state index contributed by atoms with van der Waals surface area (Å²) < 4.78 is 0. The fraction of sp³-hybridized carbons (Fsp3) is 0.545. The molecular weight excluding hydrogens is 210 g/mol. The van der Waals surface area contributed by atoms with Crippen molar-refractivity contribution in [2.75, 3.05) is 18.0 Å². The maximum Gasteiger partial charge on any atom is 0.147 e. The molecule has 4 heteroatoms. The molecule has 1 aliphatic heterocycles. The third-order valence-corrected chi connectivity index (χ3v) is 2.89. The van der Waals surface area contributed by atoms with Gasteiger partial charge in [0.15, 0.2) is 0 Å². The molecule has 0 spiro atoms. The van der Waals surface area contributed by atoms with Crippen LogP contribution in [0.5, 0.6) is 0 Å². The molecule has 0 aliphatic carbocycles. The normalized spacial score (nSPS) is 26.7. The van der Waals surface area contributed by atoms with E-state index in [1.807, 2.05) is 12.1 Å². The lowest BCUT2D eigenvalue weighted by molar-refractivity contribution is 0.405. The first-order valence-corrected chi connectivity index (χ1v) is 5.66. The first-order chi connectivity index (χ1) is 7.16. The van der Waals surface area contributed by atoms with Crippen LogP contribution in [0.25, 0.3) is 0 Å². The van der Waals surface area contributed by atoms with Crippen LogP contribution in [0.1, 0.15) is 13.8 Å². The van der Waals surface area contributed by atoms with Crippen LogP contribution in [0.15, 0.2) is 18.3 Å². The lowest BCUT2D eigenvalue weighted by Gasteiger charge is -2.37. The minimum Gasteiger partial charge on any atom is -0.352 e. The van der Waals surface area contributed by atoms with Gasteiger partial charge < -0.3 is 10.2 Å². The van der Waals surface area contributed by atoms with E-state index in [0.29, 0.717) is 12.1 Å². The Bertz CT molecular complexity index is 332. The number of pyridine rings is 1. The summed E-state index contributed by atoms with van der Waals surface area (Å²) in [7, 11) is 0. The maximum atomic E-state index is 6.13.